The molecule has 31 heavy (non-hydrogen) atoms. The second kappa shape index (κ2) is 12.4. The fraction of sp³-hybridized carbons (Fsp3) is 0.409. The first-order valence-corrected chi connectivity index (χ1v) is 11.1. The summed E-state index contributed by atoms with van der Waals surface area (Å²) in [6.07, 6.45) is 2.59. The van der Waals surface area contributed by atoms with E-state index in [1.54, 1.807) is 6.07 Å². The third kappa shape index (κ3) is 8.45. The summed E-state index contributed by atoms with van der Waals surface area (Å²) < 4.78 is 0. The van der Waals surface area contributed by atoms with Crippen molar-refractivity contribution in [2.45, 2.75) is 50.5 Å². The fourth-order valence-corrected chi connectivity index (χ4v) is 3.66. The van der Waals surface area contributed by atoms with E-state index in [-0.39, 0.29) is 6.32 Å². The zero-order chi connectivity index (χ0) is 22.9. The Morgan fingerprint density at radius 1 is 0.968 bits per heavy atom. The topological polar surface area (TPSA) is 116 Å². The van der Waals surface area contributed by atoms with E-state index in [1.807, 2.05) is 36.4 Å². The summed E-state index contributed by atoms with van der Waals surface area (Å²) in [5.74, 6) is -1.02. The highest BCUT2D eigenvalue weighted by Crippen LogP contribution is 2.28. The number of carboxylic acids is 1. The molecule has 0 saturated carbocycles. The minimum absolute atomic E-state index is 0.223. The minimum Gasteiger partial charge on any atom is -0.480 e. The van der Waals surface area contributed by atoms with Crippen LogP contribution in [0.25, 0.3) is 11.1 Å². The van der Waals surface area contributed by atoms with Crippen LogP contribution in [0.4, 0.5) is 0 Å². The molecular weight excluding hydrogens is 438 g/mol. The molecule has 0 aromatic heterocycles. The molecule has 0 aliphatic carbocycles. The average molecular weight is 467 g/mol. The van der Waals surface area contributed by atoms with Gasteiger partial charge < -0.3 is 26.2 Å². The Kier molecular flexibility index (Phi) is 10.3. The Hall–Kier alpha value is -1.61. The summed E-state index contributed by atoms with van der Waals surface area (Å²) in [7, 11) is -1.36. The maximum atomic E-state index is 11.6. The molecule has 168 valence electrons. The van der Waals surface area contributed by atoms with E-state index in [4.69, 9.17) is 39.0 Å². The van der Waals surface area contributed by atoms with E-state index in [1.165, 1.54) is 0 Å². The van der Waals surface area contributed by atoms with Crippen LogP contribution in [0, 0.1) is 0 Å². The number of nitrogens with two attached hydrogens (primary N) is 1. The summed E-state index contributed by atoms with van der Waals surface area (Å²) in [4.78, 5) is 11.6. The van der Waals surface area contributed by atoms with Gasteiger partial charge in [-0.25, -0.2) is 0 Å². The number of carbonyl (C=O) groups is 1. The molecular formula is C22H29BCl2N2O4. The molecule has 6 N–H and O–H groups in total. The van der Waals surface area contributed by atoms with Gasteiger partial charge in [0, 0.05) is 6.54 Å². The van der Waals surface area contributed by atoms with Gasteiger partial charge in [0.15, 0.2) is 0 Å². The highest BCUT2D eigenvalue weighted by Gasteiger charge is 2.32. The van der Waals surface area contributed by atoms with Gasteiger partial charge in [-0.2, -0.15) is 0 Å². The smallest absolute Gasteiger partial charge is 0.451 e. The monoisotopic (exact) mass is 466 g/mol. The zero-order valence-electron chi connectivity index (χ0n) is 17.4. The van der Waals surface area contributed by atoms with E-state index >= 15 is 0 Å². The molecule has 9 heteroatoms. The molecule has 0 aliphatic rings. The predicted octanol–water partition coefficient (Wildman–Crippen LogP) is 3.96. The minimum atomic E-state index is -1.36. The summed E-state index contributed by atoms with van der Waals surface area (Å²) in [5, 5.41) is 31.6. The molecule has 0 heterocycles. The largest absolute Gasteiger partial charge is 0.480 e. The highest BCUT2D eigenvalue weighted by molar-refractivity contribution is 6.42. The van der Waals surface area contributed by atoms with Crippen LogP contribution in [0.5, 0.6) is 0 Å². The third-order valence-corrected chi connectivity index (χ3v) is 6.01. The van der Waals surface area contributed by atoms with Gasteiger partial charge in [0.05, 0.1) is 10.0 Å². The highest BCUT2D eigenvalue weighted by atomic mass is 35.5. The van der Waals surface area contributed by atoms with Crippen LogP contribution in [0.2, 0.25) is 16.4 Å². The van der Waals surface area contributed by atoms with Gasteiger partial charge in [0.2, 0.25) is 0 Å². The average Bonchev–Trinajstić information content (AvgIpc) is 2.73. The lowest BCUT2D eigenvalue weighted by Crippen LogP contribution is -2.48. The van der Waals surface area contributed by atoms with Crippen molar-refractivity contribution in [2.24, 2.45) is 5.73 Å². The Morgan fingerprint density at radius 3 is 2.23 bits per heavy atom. The summed E-state index contributed by atoms with van der Waals surface area (Å²) in [6.45, 7) is 1.32. The number of aliphatic carboxylic acids is 1. The SMILES string of the molecule is NC(CCCCB(O)O)(CCCNCc1ccc(-c2ccc(Cl)c(Cl)c2)cc1)C(=O)O. The number of halogens is 2. The summed E-state index contributed by atoms with van der Waals surface area (Å²) in [6, 6.07) is 13.7. The lowest BCUT2D eigenvalue weighted by atomic mass is 9.81. The van der Waals surface area contributed by atoms with Gasteiger partial charge in [-0.3, -0.25) is 4.79 Å². The normalized spacial score (nSPS) is 13.1. The van der Waals surface area contributed by atoms with Crippen LogP contribution in [0.15, 0.2) is 42.5 Å². The van der Waals surface area contributed by atoms with Crippen molar-refractivity contribution in [3.8, 4) is 11.1 Å². The van der Waals surface area contributed by atoms with Gasteiger partial charge >= 0.3 is 13.1 Å². The third-order valence-electron chi connectivity index (χ3n) is 5.27. The van der Waals surface area contributed by atoms with E-state index in [2.05, 4.69) is 5.32 Å². The molecule has 6 nitrogen and oxygen atoms in total. The maximum Gasteiger partial charge on any atom is 0.451 e. The molecule has 0 spiro atoms. The van der Waals surface area contributed by atoms with Crippen LogP contribution >= 0.6 is 23.2 Å². The first-order valence-electron chi connectivity index (χ1n) is 10.3. The second-order valence-corrected chi connectivity index (χ2v) is 8.61. The van der Waals surface area contributed by atoms with Crippen LogP contribution in [-0.2, 0) is 11.3 Å². The van der Waals surface area contributed by atoms with Crippen molar-refractivity contribution in [3.05, 3.63) is 58.1 Å². The zero-order valence-corrected chi connectivity index (χ0v) is 18.9. The van der Waals surface area contributed by atoms with Crippen molar-refractivity contribution in [1.82, 2.24) is 5.32 Å². The maximum absolute atomic E-state index is 11.6. The Labute approximate surface area is 193 Å². The van der Waals surface area contributed by atoms with Crippen molar-refractivity contribution in [3.63, 3.8) is 0 Å². The van der Waals surface area contributed by atoms with E-state index < -0.39 is 18.6 Å². The number of nitrogens with one attached hydrogen (secondary N) is 1. The molecule has 2 aromatic rings. The van der Waals surface area contributed by atoms with Crippen LogP contribution in [0.1, 0.15) is 37.7 Å². The van der Waals surface area contributed by atoms with Gasteiger partial charge in [-0.15, -0.1) is 0 Å². The van der Waals surface area contributed by atoms with Crippen molar-refractivity contribution in [1.29, 1.82) is 0 Å². The van der Waals surface area contributed by atoms with E-state index in [9.17, 15) is 9.90 Å². The van der Waals surface area contributed by atoms with E-state index in [0.29, 0.717) is 55.2 Å². The number of unbranched alkanes of at least 4 members (excludes halogenated alkanes) is 1. The van der Waals surface area contributed by atoms with Gasteiger partial charge in [-0.1, -0.05) is 66.4 Å². The molecule has 2 rings (SSSR count). The van der Waals surface area contributed by atoms with E-state index in [0.717, 1.165) is 16.7 Å². The lowest BCUT2D eigenvalue weighted by Gasteiger charge is -2.24. The molecule has 1 unspecified atom stereocenters. The van der Waals surface area contributed by atoms with Crippen molar-refractivity contribution in [2.75, 3.05) is 6.54 Å². The molecule has 2 aromatic carbocycles. The number of carboxylic acid groups (broad SMARTS) is 1. The number of hydrogen-bond donors (Lipinski definition) is 5. The van der Waals surface area contributed by atoms with Gasteiger partial charge in [-0.05, 0) is 61.0 Å². The van der Waals surface area contributed by atoms with Gasteiger partial charge in [0.1, 0.15) is 5.54 Å². The lowest BCUT2D eigenvalue weighted by molar-refractivity contribution is -0.144. The van der Waals surface area contributed by atoms with Crippen LogP contribution in [0.3, 0.4) is 0 Å². The molecule has 0 amide bonds. The molecule has 1 atom stereocenters. The van der Waals surface area contributed by atoms with Crippen LogP contribution in [-0.4, -0.2) is 40.3 Å². The molecule has 0 bridgehead atoms. The first-order chi connectivity index (χ1) is 14.7. The first kappa shape index (κ1) is 25.7. The molecule has 0 fully saturated rings. The number of hydrogen-bond acceptors (Lipinski definition) is 5. The van der Waals surface area contributed by atoms with Gasteiger partial charge in [0.25, 0.3) is 0 Å². The predicted molar refractivity (Wildman–Crippen MR) is 126 cm³/mol. The van der Waals surface area contributed by atoms with Crippen LogP contribution < -0.4 is 11.1 Å². The second-order valence-electron chi connectivity index (χ2n) is 7.79. The Balaban J connectivity index is 1.75. The Morgan fingerprint density at radius 2 is 1.61 bits per heavy atom. The summed E-state index contributed by atoms with van der Waals surface area (Å²) in [5.41, 5.74) is 7.94. The molecule has 0 saturated heterocycles. The van der Waals surface area contributed by atoms with Crippen molar-refractivity contribution >= 4 is 36.3 Å². The quantitative estimate of drug-likeness (QED) is 0.225. The number of benzene rings is 2. The molecule has 0 aliphatic heterocycles. The standard InChI is InChI=1S/C22H29BCl2N2O4/c24-19-9-8-18(14-20(19)25)17-6-4-16(5-7-17)15-27-13-3-11-22(26,21(28)29)10-1-2-12-23(30)31/h4-9,14,27,30-31H,1-3,10-13,15,26H2,(H,28,29). The Bertz CT molecular complexity index is 852. The summed E-state index contributed by atoms with van der Waals surface area (Å²) >= 11 is 12.1. The number of rotatable bonds is 13. The fourth-order valence-electron chi connectivity index (χ4n) is 3.36. The molecule has 0 radical (unpaired) electrons. The van der Waals surface area contributed by atoms with Crippen molar-refractivity contribution < 1.29 is 19.9 Å².